The molecule has 1 atom stereocenters. The molecule has 5 nitrogen and oxygen atoms in total. The van der Waals surface area contributed by atoms with Crippen molar-refractivity contribution in [2.75, 3.05) is 18.4 Å². The Morgan fingerprint density at radius 1 is 1.14 bits per heavy atom. The second-order valence-corrected chi connectivity index (χ2v) is 9.20. The second kappa shape index (κ2) is 7.26. The van der Waals surface area contributed by atoms with Crippen LogP contribution < -0.4 is 5.32 Å². The van der Waals surface area contributed by atoms with Gasteiger partial charge in [-0.1, -0.05) is 18.2 Å². The van der Waals surface area contributed by atoms with Gasteiger partial charge in [-0.2, -0.15) is 0 Å². The van der Waals surface area contributed by atoms with E-state index in [0.29, 0.717) is 11.5 Å². The Kier molecular flexibility index (Phi) is 4.59. The van der Waals surface area contributed by atoms with Crippen LogP contribution in [0.15, 0.2) is 53.6 Å². The van der Waals surface area contributed by atoms with Gasteiger partial charge in [0.2, 0.25) is 5.91 Å². The fourth-order valence-electron chi connectivity index (χ4n) is 4.35. The standard InChI is InChI=1S/C23H23N3O2S/c1-14-22(27)25-20-12-16(6-7-21(20)29-14)23(28)26-10-8-15(9-11-26)18-13-24-19-5-3-2-4-17(18)19/h2-7,12-15,24H,8-11H2,1H3,(H,25,27). The molecule has 2 aliphatic rings. The van der Waals surface area contributed by atoms with E-state index >= 15 is 0 Å². The number of aromatic amines is 1. The van der Waals surface area contributed by atoms with Gasteiger partial charge in [0.1, 0.15) is 0 Å². The van der Waals surface area contributed by atoms with Crippen LogP contribution in [-0.2, 0) is 4.79 Å². The number of nitrogens with one attached hydrogen (secondary N) is 2. The number of piperidine rings is 1. The van der Waals surface area contributed by atoms with Crippen molar-refractivity contribution in [1.82, 2.24) is 9.88 Å². The molecule has 29 heavy (non-hydrogen) atoms. The molecule has 148 valence electrons. The first-order chi connectivity index (χ1) is 14.1. The molecular formula is C23H23N3O2S. The quantitative estimate of drug-likeness (QED) is 0.654. The van der Waals surface area contributed by atoms with Crippen molar-refractivity contribution in [2.45, 2.75) is 35.8 Å². The normalized spacial score (nSPS) is 19.8. The van der Waals surface area contributed by atoms with Crippen LogP contribution in [0.3, 0.4) is 0 Å². The smallest absolute Gasteiger partial charge is 0.253 e. The van der Waals surface area contributed by atoms with Crippen LogP contribution in [0.4, 0.5) is 5.69 Å². The number of fused-ring (bicyclic) bond motifs is 2. The molecule has 0 aliphatic carbocycles. The summed E-state index contributed by atoms with van der Waals surface area (Å²) >= 11 is 1.54. The molecule has 0 bridgehead atoms. The topological polar surface area (TPSA) is 65.2 Å². The summed E-state index contributed by atoms with van der Waals surface area (Å²) in [7, 11) is 0. The minimum Gasteiger partial charge on any atom is -0.361 e. The van der Waals surface area contributed by atoms with Gasteiger partial charge in [-0.05, 0) is 55.5 Å². The van der Waals surface area contributed by atoms with Crippen molar-refractivity contribution >= 4 is 40.2 Å². The lowest BCUT2D eigenvalue weighted by atomic mass is 9.89. The molecule has 1 unspecified atom stereocenters. The number of H-pyrrole nitrogens is 1. The Balaban J connectivity index is 1.29. The van der Waals surface area contributed by atoms with E-state index in [9.17, 15) is 9.59 Å². The molecule has 2 aromatic carbocycles. The average Bonchev–Trinajstić information content (AvgIpc) is 3.18. The molecule has 1 aromatic heterocycles. The summed E-state index contributed by atoms with van der Waals surface area (Å²) in [5.41, 5.74) is 3.92. The van der Waals surface area contributed by atoms with Gasteiger partial charge in [0.25, 0.3) is 5.91 Å². The fourth-order valence-corrected chi connectivity index (χ4v) is 5.28. The number of hydrogen-bond acceptors (Lipinski definition) is 3. The highest BCUT2D eigenvalue weighted by Gasteiger charge is 2.28. The number of hydrogen-bond donors (Lipinski definition) is 2. The number of benzene rings is 2. The largest absolute Gasteiger partial charge is 0.361 e. The van der Waals surface area contributed by atoms with Gasteiger partial charge in [-0.3, -0.25) is 9.59 Å². The fraction of sp³-hybridized carbons (Fsp3) is 0.304. The van der Waals surface area contributed by atoms with Crippen molar-refractivity contribution in [3.8, 4) is 0 Å². The van der Waals surface area contributed by atoms with Crippen LogP contribution in [0.1, 0.15) is 41.6 Å². The van der Waals surface area contributed by atoms with Crippen molar-refractivity contribution in [2.24, 2.45) is 0 Å². The van der Waals surface area contributed by atoms with Crippen LogP contribution in [0, 0.1) is 0 Å². The first-order valence-electron chi connectivity index (χ1n) is 10.1. The Hall–Kier alpha value is -2.73. The van der Waals surface area contributed by atoms with E-state index in [1.165, 1.54) is 28.2 Å². The second-order valence-electron chi connectivity index (χ2n) is 7.82. The molecule has 2 N–H and O–H groups in total. The minimum atomic E-state index is -0.104. The Labute approximate surface area is 173 Å². The molecule has 2 amide bonds. The highest BCUT2D eigenvalue weighted by atomic mass is 32.2. The van der Waals surface area contributed by atoms with Crippen molar-refractivity contribution < 1.29 is 9.59 Å². The number of anilines is 1. The third kappa shape index (κ3) is 3.31. The lowest BCUT2D eigenvalue weighted by Crippen LogP contribution is -2.38. The Bertz CT molecular complexity index is 1100. The monoisotopic (exact) mass is 405 g/mol. The third-order valence-corrected chi connectivity index (χ3v) is 7.18. The minimum absolute atomic E-state index is 0.00774. The molecule has 3 aromatic rings. The van der Waals surface area contributed by atoms with E-state index in [4.69, 9.17) is 0 Å². The first kappa shape index (κ1) is 18.3. The molecule has 1 fully saturated rings. The van der Waals surface area contributed by atoms with Crippen molar-refractivity contribution in [3.05, 3.63) is 59.8 Å². The van der Waals surface area contributed by atoms with Gasteiger partial charge < -0.3 is 15.2 Å². The van der Waals surface area contributed by atoms with E-state index < -0.39 is 0 Å². The van der Waals surface area contributed by atoms with Gasteiger partial charge in [-0.25, -0.2) is 0 Å². The molecule has 5 rings (SSSR count). The molecule has 0 radical (unpaired) electrons. The number of nitrogens with zero attached hydrogens (tertiary/aromatic N) is 1. The maximum Gasteiger partial charge on any atom is 0.253 e. The van der Waals surface area contributed by atoms with Gasteiger partial charge in [0.15, 0.2) is 0 Å². The van der Waals surface area contributed by atoms with Gasteiger partial charge >= 0.3 is 0 Å². The van der Waals surface area contributed by atoms with Crippen molar-refractivity contribution in [3.63, 3.8) is 0 Å². The number of likely N-dealkylation sites (tertiary alicyclic amines) is 1. The van der Waals surface area contributed by atoms with Gasteiger partial charge in [-0.15, -0.1) is 11.8 Å². The maximum atomic E-state index is 13.0. The molecule has 0 saturated carbocycles. The predicted molar refractivity (Wildman–Crippen MR) is 117 cm³/mol. The number of thioether (sulfide) groups is 1. The Morgan fingerprint density at radius 3 is 2.76 bits per heavy atom. The SMILES string of the molecule is CC1Sc2ccc(C(=O)N3CCC(c4c[nH]c5ccccc45)CC3)cc2NC1=O. The molecule has 3 heterocycles. The third-order valence-electron chi connectivity index (χ3n) is 6.00. The van der Waals surface area contributed by atoms with E-state index in [2.05, 4.69) is 34.7 Å². The lowest BCUT2D eigenvalue weighted by Gasteiger charge is -2.32. The lowest BCUT2D eigenvalue weighted by molar-refractivity contribution is -0.115. The summed E-state index contributed by atoms with van der Waals surface area (Å²) in [4.78, 5) is 31.3. The number of para-hydroxylation sites is 1. The number of aromatic nitrogens is 1. The molecule has 0 spiro atoms. The summed E-state index contributed by atoms with van der Waals surface area (Å²) in [5.74, 6) is 0.505. The van der Waals surface area contributed by atoms with Crippen molar-refractivity contribution in [1.29, 1.82) is 0 Å². The number of carbonyl (C=O) groups is 2. The zero-order chi connectivity index (χ0) is 20.0. The van der Waals surface area contributed by atoms with Crippen LogP contribution in [0.25, 0.3) is 10.9 Å². The van der Waals surface area contributed by atoms with E-state index in [0.717, 1.165) is 36.5 Å². The Morgan fingerprint density at radius 2 is 1.93 bits per heavy atom. The van der Waals surface area contributed by atoms with Gasteiger partial charge in [0.05, 0.1) is 10.9 Å². The van der Waals surface area contributed by atoms with E-state index in [1.54, 1.807) is 0 Å². The zero-order valence-corrected chi connectivity index (χ0v) is 17.1. The number of rotatable bonds is 2. The summed E-state index contributed by atoms with van der Waals surface area (Å²) in [6.45, 7) is 3.39. The summed E-state index contributed by atoms with van der Waals surface area (Å²) < 4.78 is 0. The van der Waals surface area contributed by atoms with Crippen LogP contribution in [0.5, 0.6) is 0 Å². The average molecular weight is 406 g/mol. The summed E-state index contributed by atoms with van der Waals surface area (Å²) in [5, 5.41) is 4.10. The molecule has 6 heteroatoms. The van der Waals surface area contributed by atoms with E-state index in [-0.39, 0.29) is 17.1 Å². The van der Waals surface area contributed by atoms with Gasteiger partial charge in [0, 0.05) is 40.6 Å². The van der Waals surface area contributed by atoms with Crippen LogP contribution in [0.2, 0.25) is 0 Å². The highest BCUT2D eigenvalue weighted by molar-refractivity contribution is 8.00. The molecular weight excluding hydrogens is 382 g/mol. The number of carbonyl (C=O) groups excluding carboxylic acids is 2. The zero-order valence-electron chi connectivity index (χ0n) is 16.3. The summed E-state index contributed by atoms with van der Waals surface area (Å²) in [6, 6.07) is 14.0. The number of amides is 2. The summed E-state index contributed by atoms with van der Waals surface area (Å²) in [6.07, 6.45) is 4.04. The van der Waals surface area contributed by atoms with Crippen LogP contribution in [-0.4, -0.2) is 40.0 Å². The predicted octanol–water partition coefficient (Wildman–Crippen LogP) is 4.62. The molecule has 2 aliphatic heterocycles. The molecule has 1 saturated heterocycles. The van der Waals surface area contributed by atoms with E-state index in [1.807, 2.05) is 36.1 Å². The maximum absolute atomic E-state index is 13.0. The van der Waals surface area contributed by atoms with Crippen LogP contribution >= 0.6 is 11.8 Å². The first-order valence-corrected chi connectivity index (χ1v) is 10.9. The highest BCUT2D eigenvalue weighted by Crippen LogP contribution is 2.37.